The van der Waals surface area contributed by atoms with Gasteiger partial charge < -0.3 is 44.4 Å². The second kappa shape index (κ2) is 20.5. The number of β-amino-alcohol motifs (C(OH)–C–C–N with tert-alkyl or cyclic N) is 1. The Labute approximate surface area is 456 Å². The van der Waals surface area contributed by atoms with E-state index < -0.39 is 56.7 Å². The van der Waals surface area contributed by atoms with Crippen molar-refractivity contribution in [2.75, 3.05) is 43.9 Å². The molecular weight excluding hydrogens is 1060 g/mol. The van der Waals surface area contributed by atoms with Crippen LogP contribution < -0.4 is 25.8 Å². The molecule has 4 aliphatic heterocycles. The normalized spacial score (nSPS) is 20.7. The number of hydrogen-bond acceptors (Lipinski definition) is 16. The smallest absolute Gasteiger partial charge is 0.274 e. The number of likely N-dealkylation sites (tertiary alicyclic amines) is 2. The Morgan fingerprint density at radius 3 is 2.58 bits per heavy atom. The molecule has 0 aliphatic carbocycles. The van der Waals surface area contributed by atoms with Crippen molar-refractivity contribution < 1.29 is 45.9 Å². The Hall–Kier alpha value is -7.67. The Kier molecular flexibility index (Phi) is 13.9. The number of nitrogens with zero attached hydrogens (tertiary/aromatic N) is 8. The first-order valence-electron chi connectivity index (χ1n) is 25.8. The molecule has 0 saturated carbocycles. The number of fused-ring (bicyclic) bond motifs is 2. The van der Waals surface area contributed by atoms with Crippen LogP contribution in [0.5, 0.6) is 5.88 Å². The van der Waals surface area contributed by atoms with Crippen LogP contribution in [0.15, 0.2) is 86.9 Å². The van der Waals surface area contributed by atoms with Crippen molar-refractivity contribution in [3.63, 3.8) is 0 Å². The third kappa shape index (κ3) is 10.1. The number of carbonyl (C=O) groups excluding carboxylic acids is 3. The van der Waals surface area contributed by atoms with Gasteiger partial charge in [-0.2, -0.15) is 0 Å². The first-order chi connectivity index (χ1) is 37.6. The van der Waals surface area contributed by atoms with E-state index >= 15 is 4.39 Å². The average molecular weight is 1120 g/mol. The number of aromatic nitrogens is 5. The molecule has 11 rings (SSSR count). The molecule has 4 aliphatic rings. The number of aryl methyl sites for hydroxylation is 2. The van der Waals surface area contributed by atoms with E-state index in [0.29, 0.717) is 71.3 Å². The number of aliphatic hydroxyl groups is 1. The highest BCUT2D eigenvalue weighted by Crippen LogP contribution is 2.45. The number of benzene rings is 2. The lowest BCUT2D eigenvalue weighted by atomic mass is 9.91. The van der Waals surface area contributed by atoms with Crippen molar-refractivity contribution in [2.24, 2.45) is 18.0 Å². The average Bonchev–Trinajstić information content (AvgIpc) is 4.32. The molecule has 24 heteroatoms. The Balaban J connectivity index is 0.760. The van der Waals surface area contributed by atoms with E-state index in [1.807, 2.05) is 45.0 Å². The van der Waals surface area contributed by atoms with Crippen LogP contribution in [0.1, 0.15) is 78.0 Å². The summed E-state index contributed by atoms with van der Waals surface area (Å²) >= 11 is 1.54. The van der Waals surface area contributed by atoms with Gasteiger partial charge in [-0.15, -0.1) is 11.3 Å². The third-order valence-electron chi connectivity index (χ3n) is 15.3. The number of amides is 3. The maximum Gasteiger partial charge on any atom is 0.274 e. The molecule has 1 unspecified atom stereocenters. The highest BCUT2D eigenvalue weighted by Gasteiger charge is 2.48. The van der Waals surface area contributed by atoms with Gasteiger partial charge in [0.25, 0.3) is 23.3 Å². The van der Waals surface area contributed by atoms with Crippen molar-refractivity contribution in [3.05, 3.63) is 128 Å². The molecule has 0 spiro atoms. The van der Waals surface area contributed by atoms with Crippen molar-refractivity contribution in [3.8, 4) is 27.4 Å². The fraction of sp³-hybridized carbons (Fsp3) is 0.382. The first-order valence-corrected chi connectivity index (χ1v) is 28.7. The Morgan fingerprint density at radius 2 is 1.86 bits per heavy atom. The highest BCUT2D eigenvalue weighted by molar-refractivity contribution is 7.89. The van der Waals surface area contributed by atoms with E-state index in [-0.39, 0.29) is 89.6 Å². The van der Waals surface area contributed by atoms with Crippen LogP contribution in [-0.2, 0) is 44.3 Å². The van der Waals surface area contributed by atoms with E-state index in [0.717, 1.165) is 28.6 Å². The number of aliphatic imine (C=N–C) groups is 1. The summed E-state index contributed by atoms with van der Waals surface area (Å²) in [5.41, 5.74) is 5.11. The van der Waals surface area contributed by atoms with Crippen LogP contribution in [0.4, 0.5) is 20.3 Å². The summed E-state index contributed by atoms with van der Waals surface area (Å²) in [6.07, 6.45) is 5.05. The van der Waals surface area contributed by atoms with Gasteiger partial charge in [0.1, 0.15) is 29.7 Å². The quantitative estimate of drug-likeness (QED) is 0.0941. The molecular formula is C55H57F2N11O9S2. The van der Waals surface area contributed by atoms with Gasteiger partial charge in [-0.3, -0.25) is 24.1 Å². The number of H-pyrrole nitrogens is 1. The minimum atomic E-state index is -3.72. The number of amidine groups is 1. The predicted octanol–water partition coefficient (Wildman–Crippen LogP) is 5.85. The molecule has 412 valence electrons. The van der Waals surface area contributed by atoms with Crippen LogP contribution in [0.2, 0.25) is 0 Å². The van der Waals surface area contributed by atoms with Crippen LogP contribution in [-0.4, -0.2) is 129 Å². The molecule has 0 radical (unpaired) electrons. The zero-order chi connectivity index (χ0) is 55.8. The number of sulfone groups is 1. The van der Waals surface area contributed by atoms with Crippen molar-refractivity contribution in [2.45, 2.75) is 82.5 Å². The monoisotopic (exact) mass is 1120 g/mol. The molecule has 4 N–H and O–H groups in total. The summed E-state index contributed by atoms with van der Waals surface area (Å²) in [4.78, 5) is 78.4. The molecule has 79 heavy (non-hydrogen) atoms. The summed E-state index contributed by atoms with van der Waals surface area (Å²) in [7, 11) is -2.15. The molecule has 2 aromatic carbocycles. The van der Waals surface area contributed by atoms with Crippen LogP contribution in [0.25, 0.3) is 32.5 Å². The predicted molar refractivity (Wildman–Crippen MR) is 291 cm³/mol. The number of carbonyl (C=O) groups is 3. The van der Waals surface area contributed by atoms with Crippen molar-refractivity contribution >= 4 is 67.1 Å². The zero-order valence-electron chi connectivity index (χ0n) is 44.0. The summed E-state index contributed by atoms with van der Waals surface area (Å²) in [5.74, 6) is -4.19. The lowest BCUT2D eigenvalue weighted by Gasteiger charge is -2.29. The number of thiazole rings is 1. The first kappa shape index (κ1) is 53.3. The van der Waals surface area contributed by atoms with E-state index in [9.17, 15) is 37.1 Å². The van der Waals surface area contributed by atoms with Crippen LogP contribution in [0, 0.1) is 24.5 Å². The van der Waals surface area contributed by atoms with Crippen molar-refractivity contribution in [1.82, 2.24) is 45.1 Å². The van der Waals surface area contributed by atoms with Gasteiger partial charge in [-0.1, -0.05) is 38.1 Å². The second-order valence-electron chi connectivity index (χ2n) is 21.3. The van der Waals surface area contributed by atoms with Crippen LogP contribution >= 0.6 is 11.3 Å². The molecule has 5 aromatic heterocycles. The number of hydrogen-bond donors (Lipinski definition) is 4. The molecule has 20 nitrogen and oxygen atoms in total. The molecule has 2 saturated heterocycles. The molecule has 9 heterocycles. The molecule has 7 aromatic rings. The van der Waals surface area contributed by atoms with E-state index in [1.54, 1.807) is 48.9 Å². The van der Waals surface area contributed by atoms with E-state index in [4.69, 9.17) is 14.3 Å². The summed E-state index contributed by atoms with van der Waals surface area (Å²) in [6, 6.07) is 11.9. The summed E-state index contributed by atoms with van der Waals surface area (Å²) < 4.78 is 69.0. The van der Waals surface area contributed by atoms with Crippen LogP contribution in [0.3, 0.4) is 0 Å². The zero-order valence-corrected chi connectivity index (χ0v) is 45.7. The van der Waals surface area contributed by atoms with Gasteiger partial charge in [0.15, 0.2) is 32.8 Å². The van der Waals surface area contributed by atoms with Gasteiger partial charge in [-0.05, 0) is 65.7 Å². The number of anilines is 2. The number of rotatable bonds is 15. The number of halogens is 2. The topological polar surface area (TPSA) is 251 Å². The Bertz CT molecular complexity index is 3800. The third-order valence-corrected chi connectivity index (χ3v) is 17.1. The molecule has 0 bridgehead atoms. The minimum Gasteiger partial charge on any atom is -0.474 e. The van der Waals surface area contributed by atoms with Gasteiger partial charge in [0, 0.05) is 98.5 Å². The fourth-order valence-electron chi connectivity index (χ4n) is 11.3. The Morgan fingerprint density at radius 1 is 1.08 bits per heavy atom. The largest absolute Gasteiger partial charge is 0.474 e. The second-order valence-corrected chi connectivity index (χ2v) is 24.3. The summed E-state index contributed by atoms with van der Waals surface area (Å²) in [6.45, 7) is 9.03. The lowest BCUT2D eigenvalue weighted by molar-refractivity contribution is -0.134. The number of pyridine rings is 2. The molecule has 2 fully saturated rings. The standard InChI is InChI=1S/C55H57F2N11O9S2/c1-28(2)45(52(71)68-24-36(69)17-42(68)49-62-54(73)55(4,63-49)33-9-7-30(8-10-33)48-29(3)60-27-78-48)43-19-44(64-77-43)76-14-13-66-12-11-35(23-66)61-51(70)37-18-41-38(15-31(37)26-79(6,74)75)39-25-65(5)53(72)47-46(39)32(20-58-47)22-67(41)50-40(57)16-34(56)21-59-50/h7-10,15-16,18-21,25,27-28,35-36,42,45,58,69H,11-14,17,22-24,26H2,1-6H3,(H,61,70)(H,62,63,73)/t35-,36+,42+,45?,55+/m0/s1. The lowest BCUT2D eigenvalue weighted by Crippen LogP contribution is -2.48. The van der Waals surface area contributed by atoms with Gasteiger partial charge in [-0.25, -0.2) is 32.2 Å². The molecule has 3 amide bonds. The fourth-order valence-corrected chi connectivity index (χ4v) is 13.0. The summed E-state index contributed by atoms with van der Waals surface area (Å²) in [5, 5.41) is 21.6. The minimum absolute atomic E-state index is 0.0244. The number of aliphatic hydroxyl groups excluding tert-OH is 1. The maximum atomic E-state index is 15.7. The van der Waals surface area contributed by atoms with E-state index in [1.165, 1.54) is 26.9 Å². The van der Waals surface area contributed by atoms with Gasteiger partial charge in [0.05, 0.1) is 52.4 Å². The van der Waals surface area contributed by atoms with Gasteiger partial charge >= 0.3 is 0 Å². The van der Waals surface area contributed by atoms with E-state index in [2.05, 4.69) is 35.6 Å². The SMILES string of the molecule is Cc1ncsc1-c1ccc([C@@]2(C)N=C([C@H]3C[C@@H](O)CN3C(=O)C(c3cc(OCCN4CC[C@H](NC(=O)c5cc6c(cc5CS(C)(=O)=O)-c5cn(C)c(=O)c7[nH]cc(c57)CN6c5ncc(F)cc5F)C4)no3)C(C)C)NC2=O)cc1. The highest BCUT2D eigenvalue weighted by atomic mass is 32.2. The maximum absolute atomic E-state index is 15.7. The number of nitrogens with one attached hydrogen (secondary N) is 3. The molecule has 5 atom stereocenters. The van der Waals surface area contributed by atoms with Gasteiger partial charge in [0.2, 0.25) is 5.91 Å². The number of ether oxygens (including phenoxy) is 1. The number of aromatic amines is 1. The van der Waals surface area contributed by atoms with Crippen molar-refractivity contribution in [1.29, 1.82) is 0 Å².